The third-order valence-corrected chi connectivity index (χ3v) is 4.81. The molecular formula is C13H12Cl2N2O2S. The quantitative estimate of drug-likeness (QED) is 0.873. The van der Waals surface area contributed by atoms with Crippen molar-refractivity contribution in [1.29, 1.82) is 0 Å². The highest BCUT2D eigenvalue weighted by Gasteiger charge is 2.19. The van der Waals surface area contributed by atoms with Gasteiger partial charge in [-0.2, -0.15) is 0 Å². The summed E-state index contributed by atoms with van der Waals surface area (Å²) in [5, 5.41) is 0.750. The fourth-order valence-corrected chi connectivity index (χ4v) is 3.29. The van der Waals surface area contributed by atoms with Gasteiger partial charge in [0.25, 0.3) is 0 Å². The van der Waals surface area contributed by atoms with E-state index in [2.05, 4.69) is 9.71 Å². The molecule has 0 spiro atoms. The summed E-state index contributed by atoms with van der Waals surface area (Å²) < 4.78 is 27.0. The summed E-state index contributed by atoms with van der Waals surface area (Å²) >= 11 is 11.7. The molecular weight excluding hydrogens is 319 g/mol. The predicted molar refractivity (Wildman–Crippen MR) is 79.4 cm³/mol. The molecule has 4 nitrogen and oxygen atoms in total. The molecule has 2 rings (SSSR count). The van der Waals surface area contributed by atoms with E-state index in [9.17, 15) is 8.42 Å². The van der Waals surface area contributed by atoms with Gasteiger partial charge in [-0.1, -0.05) is 41.4 Å². The van der Waals surface area contributed by atoms with E-state index >= 15 is 0 Å². The molecule has 2 aromatic rings. The van der Waals surface area contributed by atoms with Gasteiger partial charge in [0.2, 0.25) is 10.0 Å². The fraction of sp³-hybridized carbons (Fsp3) is 0.154. The lowest BCUT2D eigenvalue weighted by atomic mass is 10.1. The molecule has 1 aromatic heterocycles. The summed E-state index contributed by atoms with van der Waals surface area (Å²) in [5.41, 5.74) is 0.708. The number of hydrogen-bond donors (Lipinski definition) is 1. The molecule has 0 aliphatic carbocycles. The van der Waals surface area contributed by atoms with Crippen molar-refractivity contribution in [3.05, 3.63) is 58.3 Å². The highest BCUT2D eigenvalue weighted by Crippen LogP contribution is 2.24. The Balaban J connectivity index is 2.24. The number of hydrogen-bond acceptors (Lipinski definition) is 3. The van der Waals surface area contributed by atoms with Gasteiger partial charge in [0.1, 0.15) is 10.0 Å². The molecule has 106 valence electrons. The van der Waals surface area contributed by atoms with Crippen LogP contribution in [0.3, 0.4) is 0 Å². The van der Waals surface area contributed by atoms with Crippen molar-refractivity contribution in [3.63, 3.8) is 0 Å². The van der Waals surface area contributed by atoms with Gasteiger partial charge in [0, 0.05) is 17.3 Å². The van der Waals surface area contributed by atoms with Crippen LogP contribution >= 0.6 is 23.2 Å². The minimum absolute atomic E-state index is 0.0563. The number of halogens is 2. The first kappa shape index (κ1) is 15.3. The normalized spacial score (nSPS) is 13.2. The Morgan fingerprint density at radius 1 is 1.15 bits per heavy atom. The van der Waals surface area contributed by atoms with E-state index in [1.807, 2.05) is 0 Å². The molecule has 1 heterocycles. The molecule has 1 unspecified atom stereocenters. The topological polar surface area (TPSA) is 59.1 Å². The predicted octanol–water partition coefficient (Wildman–Crippen LogP) is 3.43. The summed E-state index contributed by atoms with van der Waals surface area (Å²) in [7, 11) is -3.67. The van der Waals surface area contributed by atoms with Crippen molar-refractivity contribution >= 4 is 33.2 Å². The Morgan fingerprint density at radius 3 is 2.45 bits per heavy atom. The van der Waals surface area contributed by atoms with Gasteiger partial charge < -0.3 is 0 Å². The molecule has 0 radical (unpaired) electrons. The van der Waals surface area contributed by atoms with Gasteiger partial charge in [-0.05, 0) is 30.7 Å². The van der Waals surface area contributed by atoms with Crippen LogP contribution in [0.15, 0.2) is 47.5 Å². The molecule has 1 aromatic carbocycles. The maximum Gasteiger partial charge on any atom is 0.242 e. The van der Waals surface area contributed by atoms with Crippen molar-refractivity contribution in [2.24, 2.45) is 0 Å². The average molecular weight is 331 g/mol. The van der Waals surface area contributed by atoms with Crippen LogP contribution in [0.1, 0.15) is 18.5 Å². The lowest BCUT2D eigenvalue weighted by Crippen LogP contribution is -2.27. The monoisotopic (exact) mass is 330 g/mol. The Labute approximate surface area is 127 Å². The second-order valence-electron chi connectivity index (χ2n) is 4.18. The van der Waals surface area contributed by atoms with E-state index < -0.39 is 16.1 Å². The Kier molecular flexibility index (Phi) is 4.65. The van der Waals surface area contributed by atoms with Crippen molar-refractivity contribution in [2.75, 3.05) is 0 Å². The molecule has 0 aliphatic heterocycles. The van der Waals surface area contributed by atoms with Crippen LogP contribution in [0.4, 0.5) is 0 Å². The van der Waals surface area contributed by atoms with E-state index in [1.165, 1.54) is 18.3 Å². The second kappa shape index (κ2) is 6.10. The summed E-state index contributed by atoms with van der Waals surface area (Å²) in [6.45, 7) is 1.72. The largest absolute Gasteiger partial charge is 0.243 e. The molecule has 0 amide bonds. The van der Waals surface area contributed by atoms with Gasteiger partial charge in [-0.15, -0.1) is 0 Å². The third kappa shape index (κ3) is 3.49. The van der Waals surface area contributed by atoms with Crippen LogP contribution in [0.2, 0.25) is 10.2 Å². The number of nitrogens with one attached hydrogen (secondary N) is 1. The number of nitrogens with zero attached hydrogens (tertiary/aromatic N) is 1. The summed E-state index contributed by atoms with van der Waals surface area (Å²) in [5.74, 6) is 0. The van der Waals surface area contributed by atoms with Gasteiger partial charge in [-0.3, -0.25) is 0 Å². The SMILES string of the molecule is CC(NS(=O)(=O)c1ccc(Cl)nc1)c1ccccc1Cl. The van der Waals surface area contributed by atoms with E-state index in [1.54, 1.807) is 31.2 Å². The number of pyridine rings is 1. The van der Waals surface area contributed by atoms with Gasteiger partial charge >= 0.3 is 0 Å². The Morgan fingerprint density at radius 2 is 1.85 bits per heavy atom. The first-order chi connectivity index (χ1) is 9.40. The van der Waals surface area contributed by atoms with E-state index in [-0.39, 0.29) is 10.0 Å². The van der Waals surface area contributed by atoms with Crippen molar-refractivity contribution in [2.45, 2.75) is 17.9 Å². The average Bonchev–Trinajstić information content (AvgIpc) is 2.39. The van der Waals surface area contributed by atoms with Gasteiger partial charge in [0.15, 0.2) is 0 Å². The standard InChI is InChI=1S/C13H12Cl2N2O2S/c1-9(11-4-2-3-5-12(11)14)17-20(18,19)10-6-7-13(15)16-8-10/h2-9,17H,1H3. The first-order valence-electron chi connectivity index (χ1n) is 5.78. The number of rotatable bonds is 4. The highest BCUT2D eigenvalue weighted by molar-refractivity contribution is 7.89. The van der Waals surface area contributed by atoms with Crippen LogP contribution < -0.4 is 4.72 Å². The van der Waals surface area contributed by atoms with Crippen molar-refractivity contribution in [1.82, 2.24) is 9.71 Å². The van der Waals surface area contributed by atoms with Crippen LogP contribution in [0.5, 0.6) is 0 Å². The molecule has 0 fully saturated rings. The lowest BCUT2D eigenvalue weighted by molar-refractivity contribution is 0.566. The summed E-state index contributed by atoms with van der Waals surface area (Å²) in [6, 6.07) is 9.45. The molecule has 0 saturated carbocycles. The lowest BCUT2D eigenvalue weighted by Gasteiger charge is -2.15. The zero-order chi connectivity index (χ0) is 14.8. The van der Waals surface area contributed by atoms with Crippen molar-refractivity contribution in [3.8, 4) is 0 Å². The van der Waals surface area contributed by atoms with Crippen LogP contribution in [0, 0.1) is 0 Å². The summed E-state index contributed by atoms with van der Waals surface area (Å²) in [4.78, 5) is 3.82. The van der Waals surface area contributed by atoms with Crippen LogP contribution in [0.25, 0.3) is 0 Å². The molecule has 20 heavy (non-hydrogen) atoms. The highest BCUT2D eigenvalue weighted by atomic mass is 35.5. The van der Waals surface area contributed by atoms with Crippen LogP contribution in [-0.2, 0) is 10.0 Å². The zero-order valence-electron chi connectivity index (χ0n) is 10.5. The van der Waals surface area contributed by atoms with E-state index in [4.69, 9.17) is 23.2 Å². The minimum Gasteiger partial charge on any atom is -0.243 e. The number of benzene rings is 1. The maximum atomic E-state index is 12.2. The number of sulfonamides is 1. The minimum atomic E-state index is -3.67. The van der Waals surface area contributed by atoms with Gasteiger partial charge in [0.05, 0.1) is 0 Å². The smallest absolute Gasteiger partial charge is 0.242 e. The Hall–Kier alpha value is -1.14. The molecule has 1 atom stereocenters. The second-order valence-corrected chi connectivity index (χ2v) is 6.69. The zero-order valence-corrected chi connectivity index (χ0v) is 12.9. The molecule has 7 heteroatoms. The third-order valence-electron chi connectivity index (χ3n) is 2.71. The molecule has 0 aliphatic rings. The molecule has 0 saturated heterocycles. The first-order valence-corrected chi connectivity index (χ1v) is 8.02. The van der Waals surface area contributed by atoms with Crippen molar-refractivity contribution < 1.29 is 8.42 Å². The molecule has 0 bridgehead atoms. The fourth-order valence-electron chi connectivity index (χ4n) is 1.71. The van der Waals surface area contributed by atoms with E-state index in [0.29, 0.717) is 10.6 Å². The van der Waals surface area contributed by atoms with Gasteiger partial charge in [-0.25, -0.2) is 18.1 Å². The van der Waals surface area contributed by atoms with Crippen LogP contribution in [-0.4, -0.2) is 13.4 Å². The summed E-state index contributed by atoms with van der Waals surface area (Å²) in [6.07, 6.45) is 1.21. The Bertz CT molecular complexity index is 703. The van der Waals surface area contributed by atoms with E-state index in [0.717, 1.165) is 0 Å². The number of aromatic nitrogens is 1. The molecule has 1 N–H and O–H groups in total. The maximum absolute atomic E-state index is 12.2.